The fourth-order valence-corrected chi connectivity index (χ4v) is 2.83. The normalized spacial score (nSPS) is 11.9. The molecular formula is C9H7Br2ClN2. The van der Waals surface area contributed by atoms with Crippen molar-refractivity contribution in [3.8, 4) is 6.07 Å². The molecule has 0 spiro atoms. The summed E-state index contributed by atoms with van der Waals surface area (Å²) in [5.41, 5.74) is 0.837. The fraction of sp³-hybridized carbons (Fsp3) is 0.222. The quantitative estimate of drug-likeness (QED) is 0.878. The Bertz CT molecular complexity index is 364. The van der Waals surface area contributed by atoms with E-state index in [4.69, 9.17) is 16.9 Å². The van der Waals surface area contributed by atoms with Crippen molar-refractivity contribution in [2.75, 3.05) is 5.32 Å². The smallest absolute Gasteiger partial charge is 0.111 e. The first-order valence-electron chi connectivity index (χ1n) is 3.85. The predicted molar refractivity (Wildman–Crippen MR) is 65.5 cm³/mol. The van der Waals surface area contributed by atoms with Crippen LogP contribution >= 0.6 is 43.5 Å². The standard InChI is InChI=1S/C9H7Br2ClN2/c1-5(4-13)14-9-7(10)2-6(12)3-8(9)11/h2-3,5,14H,1H3. The molecular weight excluding hydrogens is 331 g/mol. The summed E-state index contributed by atoms with van der Waals surface area (Å²) in [7, 11) is 0. The molecule has 0 amide bonds. The Morgan fingerprint density at radius 3 is 2.36 bits per heavy atom. The van der Waals surface area contributed by atoms with Gasteiger partial charge in [-0.1, -0.05) is 11.6 Å². The topological polar surface area (TPSA) is 35.8 Å². The molecule has 0 bridgehead atoms. The number of hydrogen-bond donors (Lipinski definition) is 1. The molecule has 0 aliphatic carbocycles. The highest BCUT2D eigenvalue weighted by atomic mass is 79.9. The average molecular weight is 338 g/mol. The van der Waals surface area contributed by atoms with Gasteiger partial charge in [0.1, 0.15) is 6.04 Å². The van der Waals surface area contributed by atoms with E-state index in [1.165, 1.54) is 0 Å². The highest BCUT2D eigenvalue weighted by molar-refractivity contribution is 9.11. The van der Waals surface area contributed by atoms with E-state index in [2.05, 4.69) is 43.2 Å². The second kappa shape index (κ2) is 5.01. The van der Waals surface area contributed by atoms with Crippen molar-refractivity contribution < 1.29 is 0 Å². The van der Waals surface area contributed by atoms with Crippen LogP contribution in [-0.4, -0.2) is 6.04 Å². The van der Waals surface area contributed by atoms with Crippen LogP contribution in [-0.2, 0) is 0 Å². The van der Waals surface area contributed by atoms with Gasteiger partial charge in [0, 0.05) is 14.0 Å². The molecule has 1 atom stereocenters. The van der Waals surface area contributed by atoms with Gasteiger partial charge in [-0.2, -0.15) is 5.26 Å². The summed E-state index contributed by atoms with van der Waals surface area (Å²) in [6, 6.07) is 5.40. The molecule has 0 fully saturated rings. The molecule has 0 aliphatic heterocycles. The van der Waals surface area contributed by atoms with Crippen LogP contribution in [0.4, 0.5) is 5.69 Å². The number of halogens is 3. The minimum atomic E-state index is -0.247. The van der Waals surface area contributed by atoms with Gasteiger partial charge in [-0.15, -0.1) is 0 Å². The molecule has 0 aromatic heterocycles. The Labute approximate surface area is 105 Å². The maximum absolute atomic E-state index is 8.66. The first-order chi connectivity index (χ1) is 6.54. The second-order valence-electron chi connectivity index (χ2n) is 2.74. The van der Waals surface area contributed by atoms with E-state index in [0.29, 0.717) is 5.02 Å². The largest absolute Gasteiger partial charge is 0.368 e. The third-order valence-corrected chi connectivity index (χ3v) is 3.03. The van der Waals surface area contributed by atoms with Crippen LogP contribution < -0.4 is 5.32 Å². The predicted octanol–water partition coefficient (Wildman–Crippen LogP) is 4.19. The first-order valence-corrected chi connectivity index (χ1v) is 5.81. The fourth-order valence-electron chi connectivity index (χ4n) is 0.929. The Kier molecular flexibility index (Phi) is 4.24. The van der Waals surface area contributed by atoms with Crippen LogP contribution in [0.2, 0.25) is 5.02 Å². The van der Waals surface area contributed by atoms with E-state index in [1.54, 1.807) is 19.1 Å². The average Bonchev–Trinajstić information content (AvgIpc) is 2.10. The van der Waals surface area contributed by atoms with Crippen LogP contribution in [0, 0.1) is 11.3 Å². The van der Waals surface area contributed by atoms with Crippen molar-refractivity contribution in [1.29, 1.82) is 5.26 Å². The van der Waals surface area contributed by atoms with Crippen molar-refractivity contribution >= 4 is 49.1 Å². The van der Waals surface area contributed by atoms with Crippen molar-refractivity contribution in [3.63, 3.8) is 0 Å². The van der Waals surface area contributed by atoms with Crippen LogP contribution in [0.5, 0.6) is 0 Å². The third-order valence-electron chi connectivity index (χ3n) is 1.56. The monoisotopic (exact) mass is 336 g/mol. The summed E-state index contributed by atoms with van der Waals surface area (Å²) in [6.07, 6.45) is 0. The second-order valence-corrected chi connectivity index (χ2v) is 4.88. The van der Waals surface area contributed by atoms with Crippen LogP contribution in [0.3, 0.4) is 0 Å². The van der Waals surface area contributed by atoms with Crippen LogP contribution in [0.15, 0.2) is 21.1 Å². The minimum Gasteiger partial charge on any atom is -0.368 e. The SMILES string of the molecule is CC(C#N)Nc1c(Br)cc(Cl)cc1Br. The summed E-state index contributed by atoms with van der Waals surface area (Å²) >= 11 is 12.6. The Morgan fingerprint density at radius 2 is 1.93 bits per heavy atom. The van der Waals surface area contributed by atoms with Gasteiger partial charge in [-0.05, 0) is 50.9 Å². The summed E-state index contributed by atoms with van der Waals surface area (Å²) in [5, 5.41) is 12.3. The molecule has 2 nitrogen and oxygen atoms in total. The van der Waals surface area contributed by atoms with Crippen LogP contribution in [0.25, 0.3) is 0 Å². The molecule has 1 rings (SSSR count). The number of nitriles is 1. The maximum Gasteiger partial charge on any atom is 0.111 e. The van der Waals surface area contributed by atoms with E-state index in [9.17, 15) is 0 Å². The first kappa shape index (κ1) is 11.8. The molecule has 1 aromatic rings. The molecule has 0 saturated carbocycles. The van der Waals surface area contributed by atoms with Crippen molar-refractivity contribution in [3.05, 3.63) is 26.1 Å². The lowest BCUT2D eigenvalue weighted by molar-refractivity contribution is 1.01. The zero-order chi connectivity index (χ0) is 10.7. The van der Waals surface area contributed by atoms with Gasteiger partial charge in [0.2, 0.25) is 0 Å². The Morgan fingerprint density at radius 1 is 1.43 bits per heavy atom. The van der Waals surface area contributed by atoms with E-state index < -0.39 is 0 Å². The summed E-state index contributed by atoms with van der Waals surface area (Å²) in [4.78, 5) is 0. The number of anilines is 1. The molecule has 0 radical (unpaired) electrons. The van der Waals surface area contributed by atoms with E-state index >= 15 is 0 Å². The van der Waals surface area contributed by atoms with Gasteiger partial charge in [0.05, 0.1) is 11.8 Å². The molecule has 1 aromatic carbocycles. The number of benzene rings is 1. The van der Waals surface area contributed by atoms with Gasteiger partial charge < -0.3 is 5.32 Å². The molecule has 1 unspecified atom stereocenters. The molecule has 14 heavy (non-hydrogen) atoms. The summed E-state index contributed by atoms with van der Waals surface area (Å²) < 4.78 is 1.66. The van der Waals surface area contributed by atoms with E-state index in [-0.39, 0.29) is 6.04 Å². The van der Waals surface area contributed by atoms with Gasteiger partial charge >= 0.3 is 0 Å². The zero-order valence-corrected chi connectivity index (χ0v) is 11.2. The summed E-state index contributed by atoms with van der Waals surface area (Å²) in [5.74, 6) is 0. The number of rotatable bonds is 2. The molecule has 74 valence electrons. The van der Waals surface area contributed by atoms with E-state index in [0.717, 1.165) is 14.6 Å². The number of nitrogens with zero attached hydrogens (tertiary/aromatic N) is 1. The Hall–Kier alpha value is -0.240. The van der Waals surface area contributed by atoms with Gasteiger partial charge in [0.15, 0.2) is 0 Å². The van der Waals surface area contributed by atoms with Gasteiger partial charge in [-0.3, -0.25) is 0 Å². The highest BCUT2D eigenvalue weighted by Gasteiger charge is 2.08. The maximum atomic E-state index is 8.66. The van der Waals surface area contributed by atoms with Crippen molar-refractivity contribution in [1.82, 2.24) is 0 Å². The molecule has 0 saturated heterocycles. The van der Waals surface area contributed by atoms with Gasteiger partial charge in [-0.25, -0.2) is 0 Å². The third kappa shape index (κ3) is 2.88. The van der Waals surface area contributed by atoms with Gasteiger partial charge in [0.25, 0.3) is 0 Å². The molecule has 1 N–H and O–H groups in total. The lowest BCUT2D eigenvalue weighted by Crippen LogP contribution is -2.12. The van der Waals surface area contributed by atoms with Crippen molar-refractivity contribution in [2.45, 2.75) is 13.0 Å². The van der Waals surface area contributed by atoms with Crippen LogP contribution in [0.1, 0.15) is 6.92 Å². The molecule has 0 heterocycles. The van der Waals surface area contributed by atoms with Crippen molar-refractivity contribution in [2.24, 2.45) is 0 Å². The lowest BCUT2D eigenvalue weighted by Gasteiger charge is -2.12. The molecule has 0 aliphatic rings. The number of hydrogen-bond acceptors (Lipinski definition) is 2. The van der Waals surface area contributed by atoms with E-state index in [1.807, 2.05) is 0 Å². The highest BCUT2D eigenvalue weighted by Crippen LogP contribution is 2.34. The number of nitrogens with one attached hydrogen (secondary N) is 1. The zero-order valence-electron chi connectivity index (χ0n) is 7.31. The lowest BCUT2D eigenvalue weighted by atomic mass is 10.3. The Balaban J connectivity index is 3.04. The molecule has 5 heteroatoms. The summed E-state index contributed by atoms with van der Waals surface area (Å²) in [6.45, 7) is 1.79. The minimum absolute atomic E-state index is 0.247.